The first-order chi connectivity index (χ1) is 14.7. The second-order valence-corrected chi connectivity index (χ2v) is 9.66. The Kier molecular flexibility index (Phi) is 7.23. The number of carbonyl (C=O) groups is 1. The summed E-state index contributed by atoms with van der Waals surface area (Å²) in [4.78, 5) is 13.1. The molecule has 3 aromatic rings. The van der Waals surface area contributed by atoms with Crippen LogP contribution in [0.2, 0.25) is 0 Å². The summed E-state index contributed by atoms with van der Waals surface area (Å²) in [5.41, 5.74) is 0.631. The van der Waals surface area contributed by atoms with Crippen LogP contribution in [0.5, 0.6) is 5.75 Å². The average Bonchev–Trinajstić information content (AvgIpc) is 3.42. The van der Waals surface area contributed by atoms with Crippen LogP contribution >= 0.6 is 23.1 Å². The molecular weight excluding hydrogens is 414 g/mol. The van der Waals surface area contributed by atoms with Gasteiger partial charge in [-0.3, -0.25) is 4.79 Å². The summed E-state index contributed by atoms with van der Waals surface area (Å²) >= 11 is 3.46. The highest BCUT2D eigenvalue weighted by molar-refractivity contribution is 7.99. The zero-order valence-corrected chi connectivity index (χ0v) is 18.9. The van der Waals surface area contributed by atoms with E-state index in [-0.39, 0.29) is 5.78 Å². The van der Waals surface area contributed by atoms with E-state index < -0.39 is 0 Å². The highest BCUT2D eigenvalue weighted by atomic mass is 32.2. The molecule has 158 valence electrons. The molecule has 0 amide bonds. The van der Waals surface area contributed by atoms with E-state index in [4.69, 9.17) is 4.74 Å². The quantitative estimate of drug-likeness (QED) is 0.238. The van der Waals surface area contributed by atoms with Gasteiger partial charge in [-0.05, 0) is 43.3 Å². The van der Waals surface area contributed by atoms with Crippen LogP contribution in [0.4, 0.5) is 0 Å². The molecule has 0 atom stereocenters. The van der Waals surface area contributed by atoms with Crippen molar-refractivity contribution in [3.8, 4) is 5.75 Å². The van der Waals surface area contributed by atoms with Crippen molar-refractivity contribution in [2.45, 2.75) is 56.6 Å². The standard InChI is InChI=1S/C23H27N3O2S2/c1-17(27)20-11-5-6-12-21(20)28-13-15-30-23-25-24-22(16-19-10-7-14-29-19)26(23)18-8-3-2-4-9-18/h5-7,10-12,14,18H,2-4,8-9,13,15-16H2,1H3. The topological polar surface area (TPSA) is 57.0 Å². The van der Waals surface area contributed by atoms with E-state index in [1.165, 1.54) is 37.0 Å². The van der Waals surface area contributed by atoms with Crippen molar-refractivity contribution in [2.24, 2.45) is 0 Å². The van der Waals surface area contributed by atoms with Crippen LogP contribution in [-0.2, 0) is 6.42 Å². The molecule has 0 bridgehead atoms. The number of hydrogen-bond donors (Lipinski definition) is 0. The van der Waals surface area contributed by atoms with Crippen LogP contribution < -0.4 is 4.74 Å². The maximum absolute atomic E-state index is 11.8. The van der Waals surface area contributed by atoms with E-state index in [1.54, 1.807) is 36.1 Å². The lowest BCUT2D eigenvalue weighted by Gasteiger charge is -2.25. The number of nitrogens with zero attached hydrogens (tertiary/aromatic N) is 3. The van der Waals surface area contributed by atoms with Gasteiger partial charge in [-0.1, -0.05) is 49.2 Å². The van der Waals surface area contributed by atoms with Crippen LogP contribution in [0.15, 0.2) is 46.9 Å². The third-order valence-corrected chi connectivity index (χ3v) is 7.21. The summed E-state index contributed by atoms with van der Waals surface area (Å²) in [5, 5.41) is 12.2. The Hall–Kier alpha value is -2.12. The first-order valence-electron chi connectivity index (χ1n) is 10.5. The fourth-order valence-corrected chi connectivity index (χ4v) is 5.51. The number of ether oxygens (including phenoxy) is 1. The molecule has 0 spiro atoms. The largest absolute Gasteiger partial charge is 0.492 e. The van der Waals surface area contributed by atoms with Crippen LogP contribution in [0.3, 0.4) is 0 Å². The monoisotopic (exact) mass is 441 g/mol. The molecule has 1 aliphatic rings. The minimum Gasteiger partial charge on any atom is -0.492 e. The number of thioether (sulfide) groups is 1. The summed E-state index contributed by atoms with van der Waals surface area (Å²) in [7, 11) is 0. The number of ketones is 1. The second kappa shape index (κ2) is 10.3. The first-order valence-corrected chi connectivity index (χ1v) is 12.4. The lowest BCUT2D eigenvalue weighted by atomic mass is 9.95. The second-order valence-electron chi connectivity index (χ2n) is 7.57. The predicted octanol–water partition coefficient (Wildman–Crippen LogP) is 5.81. The number of aromatic nitrogens is 3. The van der Waals surface area contributed by atoms with Gasteiger partial charge >= 0.3 is 0 Å². The number of carbonyl (C=O) groups excluding carboxylic acids is 1. The fraction of sp³-hybridized carbons (Fsp3) is 0.435. The molecule has 1 aromatic carbocycles. The third kappa shape index (κ3) is 5.13. The molecule has 0 radical (unpaired) electrons. The van der Waals surface area contributed by atoms with Gasteiger partial charge in [0.15, 0.2) is 10.9 Å². The van der Waals surface area contributed by atoms with Gasteiger partial charge in [0.2, 0.25) is 0 Å². The summed E-state index contributed by atoms with van der Waals surface area (Å²) in [6.45, 7) is 2.09. The third-order valence-electron chi connectivity index (χ3n) is 5.43. The summed E-state index contributed by atoms with van der Waals surface area (Å²) in [6, 6.07) is 12.2. The molecule has 1 saturated carbocycles. The Morgan fingerprint density at radius 3 is 2.77 bits per heavy atom. The van der Waals surface area contributed by atoms with Gasteiger partial charge < -0.3 is 9.30 Å². The van der Waals surface area contributed by atoms with Gasteiger partial charge in [0.25, 0.3) is 0 Å². The van der Waals surface area contributed by atoms with E-state index in [9.17, 15) is 4.79 Å². The lowest BCUT2D eigenvalue weighted by Crippen LogP contribution is -2.17. The Morgan fingerprint density at radius 1 is 1.17 bits per heavy atom. The van der Waals surface area contributed by atoms with Crippen molar-refractivity contribution >= 4 is 28.9 Å². The summed E-state index contributed by atoms with van der Waals surface area (Å²) in [5.74, 6) is 2.50. The van der Waals surface area contributed by atoms with E-state index in [0.29, 0.717) is 24.0 Å². The molecule has 2 aromatic heterocycles. The van der Waals surface area contributed by atoms with Crippen molar-refractivity contribution < 1.29 is 9.53 Å². The number of rotatable bonds is 9. The van der Waals surface area contributed by atoms with Crippen molar-refractivity contribution in [3.05, 3.63) is 58.0 Å². The van der Waals surface area contributed by atoms with Crippen molar-refractivity contribution in [1.29, 1.82) is 0 Å². The predicted molar refractivity (Wildman–Crippen MR) is 122 cm³/mol. The normalized spacial score (nSPS) is 14.7. The minimum absolute atomic E-state index is 0.0218. The van der Waals surface area contributed by atoms with E-state index in [2.05, 4.69) is 32.3 Å². The Balaban J connectivity index is 1.43. The highest BCUT2D eigenvalue weighted by Crippen LogP contribution is 2.33. The van der Waals surface area contributed by atoms with Gasteiger partial charge in [-0.2, -0.15) is 0 Å². The number of benzene rings is 1. The molecule has 4 rings (SSSR count). The Morgan fingerprint density at radius 2 is 2.00 bits per heavy atom. The van der Waals surface area contributed by atoms with Gasteiger partial charge in [-0.15, -0.1) is 21.5 Å². The molecule has 0 unspecified atom stereocenters. The van der Waals surface area contributed by atoms with E-state index in [0.717, 1.165) is 23.2 Å². The molecule has 0 saturated heterocycles. The van der Waals surface area contributed by atoms with Crippen LogP contribution in [0.1, 0.15) is 66.1 Å². The molecule has 7 heteroatoms. The van der Waals surface area contributed by atoms with Gasteiger partial charge in [0, 0.05) is 23.1 Å². The van der Waals surface area contributed by atoms with Gasteiger partial charge in [0.1, 0.15) is 11.6 Å². The van der Waals surface area contributed by atoms with Crippen molar-refractivity contribution in [2.75, 3.05) is 12.4 Å². The molecule has 0 N–H and O–H groups in total. The molecule has 1 aliphatic carbocycles. The number of para-hydroxylation sites is 1. The molecule has 5 nitrogen and oxygen atoms in total. The number of thiophene rings is 1. The lowest BCUT2D eigenvalue weighted by molar-refractivity contribution is 0.101. The first kappa shape index (κ1) is 21.1. The number of hydrogen-bond acceptors (Lipinski definition) is 6. The fourth-order valence-electron chi connectivity index (χ4n) is 3.97. The molecule has 0 aliphatic heterocycles. The molecule has 1 fully saturated rings. The van der Waals surface area contributed by atoms with Crippen molar-refractivity contribution in [3.63, 3.8) is 0 Å². The minimum atomic E-state index is 0.0218. The Labute approximate surface area is 185 Å². The maximum Gasteiger partial charge on any atom is 0.191 e. The smallest absolute Gasteiger partial charge is 0.191 e. The molecular formula is C23H27N3O2S2. The average molecular weight is 442 g/mol. The zero-order valence-electron chi connectivity index (χ0n) is 17.3. The zero-order chi connectivity index (χ0) is 20.8. The summed E-state index contributed by atoms with van der Waals surface area (Å²) in [6.07, 6.45) is 7.11. The van der Waals surface area contributed by atoms with E-state index in [1.807, 2.05) is 18.2 Å². The highest BCUT2D eigenvalue weighted by Gasteiger charge is 2.23. The molecule has 2 heterocycles. The molecule has 30 heavy (non-hydrogen) atoms. The maximum atomic E-state index is 11.8. The van der Waals surface area contributed by atoms with Crippen LogP contribution in [-0.4, -0.2) is 32.9 Å². The van der Waals surface area contributed by atoms with Gasteiger partial charge in [0.05, 0.1) is 12.2 Å². The van der Waals surface area contributed by atoms with Crippen LogP contribution in [0.25, 0.3) is 0 Å². The van der Waals surface area contributed by atoms with Crippen LogP contribution in [0, 0.1) is 0 Å². The van der Waals surface area contributed by atoms with Crippen molar-refractivity contribution in [1.82, 2.24) is 14.8 Å². The van der Waals surface area contributed by atoms with E-state index >= 15 is 0 Å². The summed E-state index contributed by atoms with van der Waals surface area (Å²) < 4.78 is 8.28. The Bertz CT molecular complexity index is 963. The SMILES string of the molecule is CC(=O)c1ccccc1OCCSc1nnc(Cc2cccs2)n1C1CCCCC1. The van der Waals surface area contributed by atoms with Gasteiger partial charge in [-0.25, -0.2) is 0 Å². The number of Topliss-reactive ketones (excluding diaryl/α,β-unsaturated/α-hetero) is 1.